The van der Waals surface area contributed by atoms with Crippen LogP contribution in [0.4, 0.5) is 5.69 Å². The molecule has 29 heavy (non-hydrogen) atoms. The second-order valence-corrected chi connectivity index (χ2v) is 10.0. The minimum absolute atomic E-state index is 0.176. The fourth-order valence-corrected chi connectivity index (χ4v) is 4.71. The van der Waals surface area contributed by atoms with Gasteiger partial charge in [0, 0.05) is 18.1 Å². The van der Waals surface area contributed by atoms with E-state index < -0.39 is 10.0 Å². The molecule has 0 saturated carbocycles. The number of benzene rings is 2. The Morgan fingerprint density at radius 3 is 2.38 bits per heavy atom. The van der Waals surface area contributed by atoms with Gasteiger partial charge in [-0.3, -0.25) is 9.10 Å². The molecule has 7 heteroatoms. The van der Waals surface area contributed by atoms with Gasteiger partial charge in [-0.25, -0.2) is 8.42 Å². The number of sulfonamides is 1. The summed E-state index contributed by atoms with van der Waals surface area (Å²) >= 11 is 6.16. The summed E-state index contributed by atoms with van der Waals surface area (Å²) in [7, 11) is -3.61. The maximum Gasteiger partial charge on any atom is 0.243 e. The van der Waals surface area contributed by atoms with Crippen LogP contribution in [0.1, 0.15) is 24.0 Å². The lowest BCUT2D eigenvalue weighted by Crippen LogP contribution is -2.46. The van der Waals surface area contributed by atoms with Crippen LogP contribution in [0.2, 0.25) is 5.02 Å². The van der Waals surface area contributed by atoms with Gasteiger partial charge < -0.3 is 4.90 Å². The van der Waals surface area contributed by atoms with Crippen molar-refractivity contribution in [1.29, 1.82) is 0 Å². The molecule has 0 spiro atoms. The molecule has 0 aromatic heterocycles. The average molecular weight is 435 g/mol. The molecule has 1 aliphatic rings. The highest BCUT2D eigenvalue weighted by molar-refractivity contribution is 7.92. The van der Waals surface area contributed by atoms with Crippen molar-refractivity contribution in [3.05, 3.63) is 64.7 Å². The van der Waals surface area contributed by atoms with Gasteiger partial charge in [0.1, 0.15) is 6.54 Å². The topological polar surface area (TPSA) is 57.7 Å². The van der Waals surface area contributed by atoms with E-state index in [0.717, 1.165) is 35.4 Å². The van der Waals surface area contributed by atoms with Crippen LogP contribution in [0.25, 0.3) is 0 Å². The number of rotatable bonds is 6. The van der Waals surface area contributed by atoms with Crippen LogP contribution in [-0.2, 0) is 21.2 Å². The van der Waals surface area contributed by atoms with Crippen molar-refractivity contribution in [3.63, 3.8) is 0 Å². The first-order valence-corrected chi connectivity index (χ1v) is 12.0. The molecule has 0 bridgehead atoms. The van der Waals surface area contributed by atoms with E-state index >= 15 is 0 Å². The van der Waals surface area contributed by atoms with E-state index in [1.807, 2.05) is 25.1 Å². The zero-order valence-electron chi connectivity index (χ0n) is 16.8. The second-order valence-electron chi connectivity index (χ2n) is 7.72. The summed E-state index contributed by atoms with van der Waals surface area (Å²) in [5.74, 6) is 0.369. The van der Waals surface area contributed by atoms with Gasteiger partial charge in [-0.1, -0.05) is 48.0 Å². The largest absolute Gasteiger partial charge is 0.341 e. The van der Waals surface area contributed by atoms with E-state index in [0.29, 0.717) is 29.7 Å². The summed E-state index contributed by atoms with van der Waals surface area (Å²) in [5, 5.41) is 0.477. The van der Waals surface area contributed by atoms with Crippen LogP contribution >= 0.6 is 11.6 Å². The molecule has 1 fully saturated rings. The first-order chi connectivity index (χ1) is 13.7. The van der Waals surface area contributed by atoms with Gasteiger partial charge >= 0.3 is 0 Å². The lowest BCUT2D eigenvalue weighted by Gasteiger charge is -2.33. The molecule has 156 valence electrons. The van der Waals surface area contributed by atoms with Gasteiger partial charge in [-0.2, -0.15) is 0 Å². The number of halogens is 1. The third-order valence-corrected chi connectivity index (χ3v) is 7.00. The molecule has 0 aliphatic carbocycles. The van der Waals surface area contributed by atoms with Gasteiger partial charge in [-0.15, -0.1) is 0 Å². The number of nitrogens with zero attached hydrogens (tertiary/aromatic N) is 2. The van der Waals surface area contributed by atoms with Crippen LogP contribution < -0.4 is 4.31 Å². The van der Waals surface area contributed by atoms with Crippen molar-refractivity contribution in [2.24, 2.45) is 5.92 Å². The van der Waals surface area contributed by atoms with Gasteiger partial charge in [0.05, 0.1) is 11.9 Å². The predicted molar refractivity (Wildman–Crippen MR) is 118 cm³/mol. The van der Waals surface area contributed by atoms with E-state index in [-0.39, 0.29) is 12.5 Å². The molecule has 1 amide bonds. The number of amides is 1. The fourth-order valence-electron chi connectivity index (χ4n) is 3.69. The Hall–Kier alpha value is -2.05. The minimum atomic E-state index is -3.61. The lowest BCUT2D eigenvalue weighted by molar-refractivity contribution is -0.130. The molecule has 0 N–H and O–H groups in total. The zero-order valence-corrected chi connectivity index (χ0v) is 18.4. The Balaban J connectivity index is 1.62. The normalized spacial score (nSPS) is 15.3. The summed E-state index contributed by atoms with van der Waals surface area (Å²) in [4.78, 5) is 14.6. The van der Waals surface area contributed by atoms with Crippen molar-refractivity contribution in [2.75, 3.05) is 30.2 Å². The molecule has 1 aliphatic heterocycles. The van der Waals surface area contributed by atoms with Gasteiger partial charge in [0.15, 0.2) is 0 Å². The number of carbonyl (C=O) groups is 1. The molecule has 2 aromatic carbocycles. The Morgan fingerprint density at radius 1 is 1.14 bits per heavy atom. The summed E-state index contributed by atoms with van der Waals surface area (Å²) < 4.78 is 25.8. The Bertz CT molecular complexity index is 955. The molecule has 2 aromatic rings. The van der Waals surface area contributed by atoms with Gasteiger partial charge in [0.25, 0.3) is 0 Å². The summed E-state index contributed by atoms with van der Waals surface area (Å²) in [6.07, 6.45) is 3.98. The van der Waals surface area contributed by atoms with E-state index in [2.05, 4.69) is 12.1 Å². The van der Waals surface area contributed by atoms with E-state index in [4.69, 9.17) is 11.6 Å². The number of aryl methyl sites for hydroxylation is 1. The molecule has 0 atom stereocenters. The first-order valence-electron chi connectivity index (χ1n) is 9.79. The number of carbonyl (C=O) groups excluding carboxylic acids is 1. The lowest BCUT2D eigenvalue weighted by atomic mass is 9.90. The van der Waals surface area contributed by atoms with Crippen LogP contribution in [0.15, 0.2) is 48.5 Å². The van der Waals surface area contributed by atoms with E-state index in [1.165, 1.54) is 5.56 Å². The zero-order chi connectivity index (χ0) is 21.0. The quantitative estimate of drug-likeness (QED) is 0.692. The molecule has 3 rings (SSSR count). The Labute approximate surface area is 178 Å². The maximum atomic E-state index is 12.8. The highest BCUT2D eigenvalue weighted by Gasteiger charge is 2.27. The van der Waals surface area contributed by atoms with E-state index in [1.54, 1.807) is 23.1 Å². The van der Waals surface area contributed by atoms with Crippen LogP contribution in [0, 0.1) is 12.8 Å². The smallest absolute Gasteiger partial charge is 0.243 e. The number of piperidine rings is 1. The fraction of sp³-hybridized carbons (Fsp3) is 0.409. The standard InChI is InChI=1S/C22H27ClN2O3S/c1-17-8-9-20(15-21(17)23)25(29(2,27)28)16-22(26)24-12-10-19(11-13-24)14-18-6-4-3-5-7-18/h3-9,15,19H,10-14,16H2,1-2H3. The number of hydrogen-bond acceptors (Lipinski definition) is 3. The maximum absolute atomic E-state index is 12.8. The van der Waals surface area contributed by atoms with Crippen molar-refractivity contribution in [3.8, 4) is 0 Å². The summed E-state index contributed by atoms with van der Waals surface area (Å²) in [6, 6.07) is 15.4. The first kappa shape index (κ1) is 21.7. The van der Waals surface area contributed by atoms with E-state index in [9.17, 15) is 13.2 Å². The SMILES string of the molecule is Cc1ccc(N(CC(=O)N2CCC(Cc3ccccc3)CC2)S(C)(=O)=O)cc1Cl. The second kappa shape index (κ2) is 9.18. The van der Waals surface area contributed by atoms with Crippen LogP contribution in [0.3, 0.4) is 0 Å². The molecule has 0 radical (unpaired) electrons. The number of likely N-dealkylation sites (tertiary alicyclic amines) is 1. The summed E-state index contributed by atoms with van der Waals surface area (Å²) in [6.45, 7) is 2.95. The van der Waals surface area contributed by atoms with Crippen LogP contribution in [0.5, 0.6) is 0 Å². The summed E-state index contributed by atoms with van der Waals surface area (Å²) in [5.41, 5.74) is 2.59. The average Bonchev–Trinajstić information content (AvgIpc) is 2.69. The van der Waals surface area contributed by atoms with Crippen molar-refractivity contribution in [1.82, 2.24) is 4.90 Å². The third kappa shape index (κ3) is 5.73. The molecule has 5 nitrogen and oxygen atoms in total. The molecular weight excluding hydrogens is 408 g/mol. The molecule has 0 unspecified atom stereocenters. The molecule has 1 heterocycles. The van der Waals surface area contributed by atoms with Gasteiger partial charge in [-0.05, 0) is 55.4 Å². The molecule has 1 saturated heterocycles. The Morgan fingerprint density at radius 2 is 1.79 bits per heavy atom. The van der Waals surface area contributed by atoms with Crippen molar-refractivity contribution >= 4 is 33.2 Å². The van der Waals surface area contributed by atoms with Gasteiger partial charge in [0.2, 0.25) is 15.9 Å². The highest BCUT2D eigenvalue weighted by Crippen LogP contribution is 2.26. The number of anilines is 1. The Kier molecular flexibility index (Phi) is 6.85. The number of hydrogen-bond donors (Lipinski definition) is 0. The third-order valence-electron chi connectivity index (χ3n) is 5.46. The monoisotopic (exact) mass is 434 g/mol. The predicted octanol–water partition coefficient (Wildman–Crippen LogP) is 3.90. The highest BCUT2D eigenvalue weighted by atomic mass is 35.5. The van der Waals surface area contributed by atoms with Crippen molar-refractivity contribution < 1.29 is 13.2 Å². The minimum Gasteiger partial charge on any atom is -0.341 e. The van der Waals surface area contributed by atoms with Crippen molar-refractivity contribution in [2.45, 2.75) is 26.2 Å². The van der Waals surface area contributed by atoms with Crippen LogP contribution in [-0.4, -0.2) is 45.1 Å². The molecular formula is C22H27ClN2O3S.